The van der Waals surface area contributed by atoms with Gasteiger partial charge in [0.1, 0.15) is 0 Å². The number of rotatable bonds is 6. The predicted octanol–water partition coefficient (Wildman–Crippen LogP) is 1.93. The van der Waals surface area contributed by atoms with Gasteiger partial charge in [-0.3, -0.25) is 0 Å². The maximum Gasteiger partial charge on any atom is 0.337 e. The van der Waals surface area contributed by atoms with Gasteiger partial charge in [-0.1, -0.05) is 0 Å². The van der Waals surface area contributed by atoms with Gasteiger partial charge in [0, 0.05) is 18.7 Å². The van der Waals surface area contributed by atoms with Crippen molar-refractivity contribution in [1.29, 1.82) is 0 Å². The minimum atomic E-state index is -1.16. The van der Waals surface area contributed by atoms with E-state index in [1.807, 2.05) is 0 Å². The molecule has 21 heavy (non-hydrogen) atoms. The molecule has 0 heterocycles. The molecule has 0 aliphatic heterocycles. The number of carboxylic acids is 1. The molecule has 1 aliphatic rings. The van der Waals surface area contributed by atoms with Gasteiger partial charge in [0.2, 0.25) is 0 Å². The van der Waals surface area contributed by atoms with Crippen molar-refractivity contribution in [2.45, 2.75) is 12.8 Å². The third kappa shape index (κ3) is 3.77. The molecule has 114 valence electrons. The van der Waals surface area contributed by atoms with Crippen LogP contribution in [0.2, 0.25) is 0 Å². The van der Waals surface area contributed by atoms with Gasteiger partial charge in [-0.2, -0.15) is 0 Å². The third-order valence-corrected chi connectivity index (χ3v) is 3.25. The van der Waals surface area contributed by atoms with Gasteiger partial charge in [-0.15, -0.1) is 0 Å². The second-order valence-corrected chi connectivity index (χ2v) is 4.84. The molecule has 0 spiro atoms. The minimum absolute atomic E-state index is 0.0609. The van der Waals surface area contributed by atoms with E-state index in [2.05, 4.69) is 10.6 Å². The lowest BCUT2D eigenvalue weighted by molar-refractivity contribution is 0.0697. The second-order valence-electron chi connectivity index (χ2n) is 4.84. The van der Waals surface area contributed by atoms with Crippen LogP contribution in [0.15, 0.2) is 12.1 Å². The molecular formula is C14H18N2O5. The quantitative estimate of drug-likeness (QED) is 0.745. The van der Waals surface area contributed by atoms with Crippen LogP contribution in [0.1, 0.15) is 23.2 Å². The molecular weight excluding hydrogens is 276 g/mol. The number of hydrogen-bond donors (Lipinski definition) is 3. The van der Waals surface area contributed by atoms with E-state index in [0.29, 0.717) is 24.0 Å². The third-order valence-electron chi connectivity index (χ3n) is 3.25. The molecule has 0 bridgehead atoms. The number of benzene rings is 1. The minimum Gasteiger partial charge on any atom is -0.493 e. The molecule has 1 aromatic rings. The van der Waals surface area contributed by atoms with Crippen molar-refractivity contribution in [1.82, 2.24) is 5.32 Å². The van der Waals surface area contributed by atoms with E-state index in [1.165, 1.54) is 26.4 Å². The fourth-order valence-electron chi connectivity index (χ4n) is 1.88. The number of amides is 2. The van der Waals surface area contributed by atoms with E-state index in [-0.39, 0.29) is 11.3 Å². The first-order valence-electron chi connectivity index (χ1n) is 6.59. The first-order chi connectivity index (χ1) is 10.0. The van der Waals surface area contributed by atoms with Gasteiger partial charge in [0.05, 0.1) is 25.5 Å². The monoisotopic (exact) mass is 294 g/mol. The number of anilines is 1. The van der Waals surface area contributed by atoms with Crippen LogP contribution in [0.3, 0.4) is 0 Å². The molecule has 1 fully saturated rings. The van der Waals surface area contributed by atoms with Crippen LogP contribution in [0.5, 0.6) is 11.5 Å². The lowest BCUT2D eigenvalue weighted by Crippen LogP contribution is -2.31. The summed E-state index contributed by atoms with van der Waals surface area (Å²) in [7, 11) is 2.86. The fraction of sp³-hybridized carbons (Fsp3) is 0.429. The first-order valence-corrected chi connectivity index (χ1v) is 6.59. The first kappa shape index (κ1) is 15.0. The largest absolute Gasteiger partial charge is 0.493 e. The van der Waals surface area contributed by atoms with Crippen molar-refractivity contribution in [3.63, 3.8) is 0 Å². The Hall–Kier alpha value is -2.44. The highest BCUT2D eigenvalue weighted by Gasteiger charge is 2.22. The molecule has 0 saturated heterocycles. The van der Waals surface area contributed by atoms with Crippen molar-refractivity contribution in [3.05, 3.63) is 17.7 Å². The van der Waals surface area contributed by atoms with Crippen LogP contribution in [-0.4, -0.2) is 37.9 Å². The molecule has 2 amide bonds. The highest BCUT2D eigenvalue weighted by molar-refractivity contribution is 6.01. The van der Waals surface area contributed by atoms with Gasteiger partial charge >= 0.3 is 12.0 Å². The summed E-state index contributed by atoms with van der Waals surface area (Å²) in [6.45, 7) is 0.599. The molecule has 2 rings (SSSR count). The number of aromatic carboxylic acids is 1. The molecule has 0 unspecified atom stereocenters. The summed E-state index contributed by atoms with van der Waals surface area (Å²) in [6, 6.07) is 2.31. The summed E-state index contributed by atoms with van der Waals surface area (Å²) in [4.78, 5) is 23.1. The predicted molar refractivity (Wildman–Crippen MR) is 76.3 cm³/mol. The molecule has 0 aromatic heterocycles. The van der Waals surface area contributed by atoms with Crippen LogP contribution >= 0.6 is 0 Å². The van der Waals surface area contributed by atoms with Crippen molar-refractivity contribution >= 4 is 17.7 Å². The summed E-state index contributed by atoms with van der Waals surface area (Å²) >= 11 is 0. The molecule has 0 atom stereocenters. The maximum absolute atomic E-state index is 11.8. The molecule has 7 nitrogen and oxygen atoms in total. The number of nitrogens with one attached hydrogen (secondary N) is 2. The smallest absolute Gasteiger partial charge is 0.337 e. The van der Waals surface area contributed by atoms with E-state index < -0.39 is 12.0 Å². The normalized spacial score (nSPS) is 13.4. The van der Waals surface area contributed by atoms with E-state index >= 15 is 0 Å². The molecule has 1 saturated carbocycles. The van der Waals surface area contributed by atoms with Crippen molar-refractivity contribution < 1.29 is 24.2 Å². The van der Waals surface area contributed by atoms with Crippen molar-refractivity contribution in [3.8, 4) is 11.5 Å². The summed E-state index contributed by atoms with van der Waals surface area (Å²) in [5.74, 6) is 0.0207. The Kier molecular flexibility index (Phi) is 4.52. The number of hydrogen-bond acceptors (Lipinski definition) is 4. The van der Waals surface area contributed by atoms with Gasteiger partial charge in [0.15, 0.2) is 11.5 Å². The Morgan fingerprint density at radius 1 is 1.24 bits per heavy atom. The van der Waals surface area contributed by atoms with Crippen LogP contribution in [0.4, 0.5) is 10.5 Å². The molecule has 1 aliphatic carbocycles. The van der Waals surface area contributed by atoms with Gasteiger partial charge in [-0.25, -0.2) is 9.59 Å². The van der Waals surface area contributed by atoms with Gasteiger partial charge < -0.3 is 25.2 Å². The van der Waals surface area contributed by atoms with Gasteiger partial charge in [0.25, 0.3) is 0 Å². The maximum atomic E-state index is 11.8. The number of carbonyl (C=O) groups excluding carboxylic acids is 1. The number of ether oxygens (including phenoxy) is 2. The Morgan fingerprint density at radius 2 is 1.86 bits per heavy atom. The van der Waals surface area contributed by atoms with Gasteiger partial charge in [-0.05, 0) is 18.8 Å². The van der Waals surface area contributed by atoms with E-state index in [4.69, 9.17) is 9.47 Å². The van der Waals surface area contributed by atoms with Crippen molar-refractivity contribution in [2.75, 3.05) is 26.1 Å². The zero-order valence-corrected chi connectivity index (χ0v) is 11.9. The topological polar surface area (TPSA) is 96.9 Å². The number of carbonyl (C=O) groups is 2. The average Bonchev–Trinajstić information content (AvgIpc) is 3.28. The number of methoxy groups -OCH3 is 2. The Labute approximate surface area is 122 Å². The summed E-state index contributed by atoms with van der Waals surface area (Å²) in [5.41, 5.74) is 0.0997. The lowest BCUT2D eigenvalue weighted by Gasteiger charge is -2.14. The highest BCUT2D eigenvalue weighted by Crippen LogP contribution is 2.33. The second kappa shape index (κ2) is 6.34. The Bertz CT molecular complexity index is 555. The Morgan fingerprint density at radius 3 is 2.38 bits per heavy atom. The zero-order valence-electron chi connectivity index (χ0n) is 11.9. The zero-order chi connectivity index (χ0) is 15.4. The summed E-state index contributed by atoms with van der Waals surface area (Å²) < 4.78 is 10.2. The Balaban J connectivity index is 2.18. The summed E-state index contributed by atoms with van der Waals surface area (Å²) in [5, 5.41) is 14.5. The molecule has 7 heteroatoms. The number of urea groups is 1. The van der Waals surface area contributed by atoms with E-state index in [9.17, 15) is 14.7 Å². The highest BCUT2D eigenvalue weighted by atomic mass is 16.5. The average molecular weight is 294 g/mol. The standard InChI is InChI=1S/C14H18N2O5/c1-20-11-5-9(13(17)18)10(6-12(11)21-2)16-14(19)15-7-8-3-4-8/h5-6,8H,3-4,7H2,1-2H3,(H,17,18)(H2,15,16,19). The molecule has 0 radical (unpaired) electrons. The SMILES string of the molecule is COc1cc(NC(=O)NCC2CC2)c(C(=O)O)cc1OC. The van der Waals surface area contributed by atoms with Crippen molar-refractivity contribution in [2.24, 2.45) is 5.92 Å². The molecule has 3 N–H and O–H groups in total. The summed E-state index contributed by atoms with van der Waals surface area (Å²) in [6.07, 6.45) is 2.24. The number of carboxylic acid groups (broad SMARTS) is 1. The van der Waals surface area contributed by atoms with Crippen LogP contribution in [-0.2, 0) is 0 Å². The van der Waals surface area contributed by atoms with Crippen LogP contribution in [0, 0.1) is 5.92 Å². The van der Waals surface area contributed by atoms with E-state index in [1.54, 1.807) is 0 Å². The van der Waals surface area contributed by atoms with Crippen LogP contribution < -0.4 is 20.1 Å². The van der Waals surface area contributed by atoms with E-state index in [0.717, 1.165) is 12.8 Å². The molecule has 1 aromatic carbocycles. The fourth-order valence-corrected chi connectivity index (χ4v) is 1.88. The lowest BCUT2D eigenvalue weighted by atomic mass is 10.1. The van der Waals surface area contributed by atoms with Crippen LogP contribution in [0.25, 0.3) is 0 Å².